The van der Waals surface area contributed by atoms with Crippen molar-refractivity contribution in [3.05, 3.63) is 35.4 Å². The highest BCUT2D eigenvalue weighted by Gasteiger charge is 2.34. The van der Waals surface area contributed by atoms with Gasteiger partial charge >= 0.3 is 0 Å². The van der Waals surface area contributed by atoms with E-state index in [1.54, 1.807) is 0 Å². The molecule has 1 unspecified atom stereocenters. The van der Waals surface area contributed by atoms with Gasteiger partial charge in [0.1, 0.15) is 0 Å². The Balaban J connectivity index is 1.41. The predicted molar refractivity (Wildman–Crippen MR) is 92.1 cm³/mol. The molecular weight excluding hydrogens is 272 g/mol. The van der Waals surface area contributed by atoms with E-state index in [1.807, 2.05) is 7.05 Å². The van der Waals surface area contributed by atoms with Crippen LogP contribution in [0.2, 0.25) is 0 Å². The van der Waals surface area contributed by atoms with Crippen LogP contribution in [0.15, 0.2) is 29.3 Å². The van der Waals surface area contributed by atoms with E-state index in [-0.39, 0.29) is 0 Å². The zero-order valence-electron chi connectivity index (χ0n) is 13.8. The molecule has 2 N–H and O–H groups in total. The van der Waals surface area contributed by atoms with Crippen LogP contribution in [-0.4, -0.2) is 43.6 Å². The molecule has 1 aromatic carbocycles. The molecule has 3 rings (SSSR count). The van der Waals surface area contributed by atoms with Gasteiger partial charge in [0.2, 0.25) is 0 Å². The zero-order chi connectivity index (χ0) is 15.4. The van der Waals surface area contributed by atoms with E-state index >= 15 is 0 Å². The smallest absolute Gasteiger partial charge is 0.191 e. The van der Waals surface area contributed by atoms with Crippen LogP contribution in [0.25, 0.3) is 0 Å². The molecule has 2 fully saturated rings. The standard InChI is InChI=1S/C18H28N4/c1-14-5-3-4-6-16(14)12-21-18(19-2)20-11-15-9-10-22(13-15)17-7-8-17/h3-6,15,17H,7-13H2,1-2H3,(H2,19,20,21). The zero-order valence-corrected chi connectivity index (χ0v) is 13.8. The molecule has 1 heterocycles. The Kier molecular flexibility index (Phi) is 4.98. The van der Waals surface area contributed by atoms with Crippen molar-refractivity contribution in [2.45, 2.75) is 38.8 Å². The van der Waals surface area contributed by atoms with Gasteiger partial charge in [-0.1, -0.05) is 24.3 Å². The quantitative estimate of drug-likeness (QED) is 0.646. The normalized spacial score (nSPS) is 22.8. The third-order valence-corrected chi connectivity index (χ3v) is 4.87. The maximum atomic E-state index is 4.34. The number of hydrogen-bond acceptors (Lipinski definition) is 2. The first-order chi connectivity index (χ1) is 10.8. The maximum Gasteiger partial charge on any atom is 0.191 e. The van der Waals surface area contributed by atoms with E-state index < -0.39 is 0 Å². The lowest BCUT2D eigenvalue weighted by molar-refractivity contribution is 0.314. The molecule has 0 bridgehead atoms. The van der Waals surface area contributed by atoms with Crippen LogP contribution in [0.3, 0.4) is 0 Å². The van der Waals surface area contributed by atoms with Crippen molar-refractivity contribution >= 4 is 5.96 Å². The van der Waals surface area contributed by atoms with E-state index in [1.165, 1.54) is 43.5 Å². The summed E-state index contributed by atoms with van der Waals surface area (Å²) in [5.74, 6) is 1.67. The van der Waals surface area contributed by atoms with E-state index in [0.717, 1.165) is 31.0 Å². The Hall–Kier alpha value is -1.55. The molecule has 2 aliphatic rings. The van der Waals surface area contributed by atoms with Gasteiger partial charge in [0, 0.05) is 32.7 Å². The fraction of sp³-hybridized carbons (Fsp3) is 0.611. The monoisotopic (exact) mass is 300 g/mol. The number of aliphatic imine (C=N–C) groups is 1. The molecule has 1 aliphatic heterocycles. The molecule has 1 aliphatic carbocycles. The van der Waals surface area contributed by atoms with Gasteiger partial charge in [-0.15, -0.1) is 0 Å². The van der Waals surface area contributed by atoms with Crippen molar-refractivity contribution in [2.24, 2.45) is 10.9 Å². The van der Waals surface area contributed by atoms with Gasteiger partial charge in [-0.3, -0.25) is 4.99 Å². The molecule has 1 saturated heterocycles. The minimum atomic E-state index is 0.762. The highest BCUT2D eigenvalue weighted by Crippen LogP contribution is 2.31. The number of aryl methyl sites for hydroxylation is 1. The van der Waals surface area contributed by atoms with Crippen LogP contribution in [0.4, 0.5) is 0 Å². The third-order valence-electron chi connectivity index (χ3n) is 4.87. The molecule has 0 amide bonds. The van der Waals surface area contributed by atoms with Crippen LogP contribution < -0.4 is 10.6 Å². The summed E-state index contributed by atoms with van der Waals surface area (Å²) in [5, 5.41) is 6.92. The topological polar surface area (TPSA) is 39.7 Å². The molecule has 120 valence electrons. The number of nitrogens with zero attached hydrogens (tertiary/aromatic N) is 2. The predicted octanol–water partition coefficient (Wildman–Crippen LogP) is 2.14. The summed E-state index contributed by atoms with van der Waals surface area (Å²) in [6.07, 6.45) is 4.15. The Morgan fingerprint density at radius 3 is 2.77 bits per heavy atom. The first-order valence-electron chi connectivity index (χ1n) is 8.49. The highest BCUT2D eigenvalue weighted by atomic mass is 15.2. The van der Waals surface area contributed by atoms with Gasteiger partial charge in [0.05, 0.1) is 0 Å². The second-order valence-corrected chi connectivity index (χ2v) is 6.61. The van der Waals surface area contributed by atoms with Gasteiger partial charge in [0.15, 0.2) is 5.96 Å². The minimum absolute atomic E-state index is 0.762. The van der Waals surface area contributed by atoms with Crippen molar-refractivity contribution < 1.29 is 0 Å². The number of nitrogens with one attached hydrogen (secondary N) is 2. The van der Waals surface area contributed by atoms with E-state index in [2.05, 4.69) is 51.7 Å². The van der Waals surface area contributed by atoms with Crippen LogP contribution in [0, 0.1) is 12.8 Å². The molecule has 0 aromatic heterocycles. The Bertz CT molecular complexity index is 522. The van der Waals surface area contributed by atoms with Crippen LogP contribution in [0.1, 0.15) is 30.4 Å². The van der Waals surface area contributed by atoms with Crippen molar-refractivity contribution in [3.63, 3.8) is 0 Å². The fourth-order valence-electron chi connectivity index (χ4n) is 3.25. The fourth-order valence-corrected chi connectivity index (χ4v) is 3.25. The molecule has 4 nitrogen and oxygen atoms in total. The maximum absolute atomic E-state index is 4.34. The minimum Gasteiger partial charge on any atom is -0.356 e. The molecule has 1 aromatic rings. The molecular formula is C18H28N4. The van der Waals surface area contributed by atoms with Gasteiger partial charge in [0.25, 0.3) is 0 Å². The Morgan fingerprint density at radius 1 is 1.23 bits per heavy atom. The van der Waals surface area contributed by atoms with Gasteiger partial charge in [-0.25, -0.2) is 0 Å². The largest absolute Gasteiger partial charge is 0.356 e. The lowest BCUT2D eigenvalue weighted by Gasteiger charge is -2.17. The van der Waals surface area contributed by atoms with Crippen molar-refractivity contribution in [3.8, 4) is 0 Å². The van der Waals surface area contributed by atoms with E-state index in [9.17, 15) is 0 Å². The third kappa shape index (κ3) is 4.01. The number of hydrogen-bond donors (Lipinski definition) is 2. The van der Waals surface area contributed by atoms with Gasteiger partial charge in [-0.2, -0.15) is 0 Å². The van der Waals surface area contributed by atoms with E-state index in [4.69, 9.17) is 0 Å². The SMILES string of the molecule is CN=C(NCc1ccccc1C)NCC1CCN(C2CC2)C1. The molecule has 0 spiro atoms. The number of rotatable bonds is 5. The highest BCUT2D eigenvalue weighted by molar-refractivity contribution is 5.79. The van der Waals surface area contributed by atoms with Crippen molar-refractivity contribution in [1.29, 1.82) is 0 Å². The van der Waals surface area contributed by atoms with Gasteiger partial charge < -0.3 is 15.5 Å². The van der Waals surface area contributed by atoms with Crippen LogP contribution >= 0.6 is 0 Å². The van der Waals surface area contributed by atoms with Crippen LogP contribution in [-0.2, 0) is 6.54 Å². The summed E-state index contributed by atoms with van der Waals surface area (Å²) < 4.78 is 0. The Morgan fingerprint density at radius 2 is 2.05 bits per heavy atom. The number of likely N-dealkylation sites (tertiary alicyclic amines) is 1. The second kappa shape index (κ2) is 7.14. The molecule has 0 radical (unpaired) electrons. The van der Waals surface area contributed by atoms with Crippen LogP contribution in [0.5, 0.6) is 0 Å². The lowest BCUT2D eigenvalue weighted by atomic mass is 10.1. The molecule has 1 atom stereocenters. The molecule has 4 heteroatoms. The second-order valence-electron chi connectivity index (χ2n) is 6.61. The summed E-state index contributed by atoms with van der Waals surface area (Å²) in [4.78, 5) is 7.00. The molecule has 1 saturated carbocycles. The summed E-state index contributed by atoms with van der Waals surface area (Å²) >= 11 is 0. The lowest BCUT2D eigenvalue weighted by Crippen LogP contribution is -2.40. The van der Waals surface area contributed by atoms with Crippen molar-refractivity contribution in [1.82, 2.24) is 15.5 Å². The first kappa shape index (κ1) is 15.3. The number of guanidine groups is 1. The average molecular weight is 300 g/mol. The average Bonchev–Trinajstić information content (AvgIpc) is 3.28. The summed E-state index contributed by atoms with van der Waals surface area (Å²) in [5.41, 5.74) is 2.65. The summed E-state index contributed by atoms with van der Waals surface area (Å²) in [7, 11) is 1.85. The van der Waals surface area contributed by atoms with Gasteiger partial charge in [-0.05, 0) is 49.8 Å². The van der Waals surface area contributed by atoms with E-state index in [0.29, 0.717) is 0 Å². The molecule has 22 heavy (non-hydrogen) atoms. The summed E-state index contributed by atoms with van der Waals surface area (Å²) in [6, 6.07) is 9.39. The van der Waals surface area contributed by atoms with Crippen molar-refractivity contribution in [2.75, 3.05) is 26.7 Å². The first-order valence-corrected chi connectivity index (χ1v) is 8.49. The summed E-state index contributed by atoms with van der Waals surface area (Å²) in [6.45, 7) is 6.54. The Labute approximate surface area is 134 Å². The number of benzene rings is 1.